The summed E-state index contributed by atoms with van der Waals surface area (Å²) < 4.78 is 1.77. The fraction of sp³-hybridized carbons (Fsp3) is 0.200. The number of nitrogen functional groups attached to an aromatic ring is 1. The van der Waals surface area contributed by atoms with E-state index in [0.29, 0.717) is 12.4 Å². The number of hydrogen-bond donors (Lipinski definition) is 2. The first-order valence-electron chi connectivity index (χ1n) is 4.68. The van der Waals surface area contributed by atoms with Crippen molar-refractivity contribution in [3.63, 3.8) is 0 Å². The van der Waals surface area contributed by atoms with Gasteiger partial charge in [0.1, 0.15) is 5.82 Å². The van der Waals surface area contributed by atoms with Gasteiger partial charge in [0.2, 0.25) is 0 Å². The summed E-state index contributed by atoms with van der Waals surface area (Å²) >= 11 is 0. The van der Waals surface area contributed by atoms with E-state index in [0.717, 1.165) is 11.4 Å². The van der Waals surface area contributed by atoms with Crippen LogP contribution in [0.5, 0.6) is 0 Å². The molecule has 0 spiro atoms. The average Bonchev–Trinajstić information content (AvgIpc) is 2.63. The second-order valence-corrected chi connectivity index (χ2v) is 3.27. The maximum Gasteiger partial charge on any atom is 0.146 e. The second-order valence-electron chi connectivity index (χ2n) is 3.27. The van der Waals surface area contributed by atoms with Crippen LogP contribution in [0, 0.1) is 0 Å². The lowest BCUT2D eigenvalue weighted by atomic mass is 10.3. The summed E-state index contributed by atoms with van der Waals surface area (Å²) in [6.07, 6.45) is 3.57. The van der Waals surface area contributed by atoms with Gasteiger partial charge in [-0.25, -0.2) is 4.98 Å². The van der Waals surface area contributed by atoms with Gasteiger partial charge in [0, 0.05) is 19.4 Å². The molecule has 0 fully saturated rings. The van der Waals surface area contributed by atoms with Crippen molar-refractivity contribution in [2.45, 2.75) is 6.54 Å². The predicted octanol–water partition coefficient (Wildman–Crippen LogP) is 1.01. The molecule has 5 heteroatoms. The van der Waals surface area contributed by atoms with E-state index in [1.165, 1.54) is 0 Å². The van der Waals surface area contributed by atoms with Gasteiger partial charge in [-0.05, 0) is 18.2 Å². The lowest BCUT2D eigenvalue weighted by Gasteiger charge is -2.05. The molecule has 0 atom stereocenters. The maximum atomic E-state index is 5.69. The first-order chi connectivity index (χ1) is 7.25. The van der Waals surface area contributed by atoms with Gasteiger partial charge in [0.05, 0.1) is 17.9 Å². The molecule has 0 unspecified atom stereocenters. The maximum absolute atomic E-state index is 5.69. The minimum atomic E-state index is 0.508. The third-order valence-corrected chi connectivity index (χ3v) is 2.07. The monoisotopic (exact) mass is 203 g/mol. The van der Waals surface area contributed by atoms with Gasteiger partial charge >= 0.3 is 0 Å². The fourth-order valence-corrected chi connectivity index (χ4v) is 1.31. The minimum absolute atomic E-state index is 0.508. The van der Waals surface area contributed by atoms with Crippen LogP contribution in [-0.2, 0) is 13.6 Å². The molecule has 2 rings (SSSR count). The summed E-state index contributed by atoms with van der Waals surface area (Å²) in [6.45, 7) is 0.650. The van der Waals surface area contributed by atoms with Crippen LogP contribution in [-0.4, -0.2) is 14.8 Å². The first kappa shape index (κ1) is 9.51. The van der Waals surface area contributed by atoms with Crippen molar-refractivity contribution in [3.05, 3.63) is 36.3 Å². The van der Waals surface area contributed by atoms with Gasteiger partial charge in [-0.1, -0.05) is 0 Å². The van der Waals surface area contributed by atoms with Gasteiger partial charge in [0.25, 0.3) is 0 Å². The molecule has 0 aliphatic heterocycles. The van der Waals surface area contributed by atoms with Crippen LogP contribution in [0.15, 0.2) is 30.6 Å². The van der Waals surface area contributed by atoms with E-state index >= 15 is 0 Å². The molecule has 0 bridgehead atoms. The molecule has 3 N–H and O–H groups in total. The Balaban J connectivity index is 2.02. The number of aromatic nitrogens is 3. The lowest BCUT2D eigenvalue weighted by Crippen LogP contribution is -2.04. The highest BCUT2D eigenvalue weighted by Gasteiger charge is 2.00. The third kappa shape index (κ3) is 2.25. The molecule has 0 saturated heterocycles. The van der Waals surface area contributed by atoms with E-state index in [-0.39, 0.29) is 0 Å². The van der Waals surface area contributed by atoms with Gasteiger partial charge in [-0.3, -0.25) is 4.68 Å². The first-order valence-corrected chi connectivity index (χ1v) is 4.68. The molecule has 5 nitrogen and oxygen atoms in total. The van der Waals surface area contributed by atoms with Gasteiger partial charge in [-0.15, -0.1) is 0 Å². The van der Waals surface area contributed by atoms with Crippen molar-refractivity contribution in [2.24, 2.45) is 7.05 Å². The van der Waals surface area contributed by atoms with Gasteiger partial charge in [0.15, 0.2) is 0 Å². The standard InChI is InChI=1S/C10H13N5/c1-15-6-4-8(14-15)7-13-9-3-2-5-12-10(9)11/h2-6,13H,7H2,1H3,(H2,11,12). The zero-order chi connectivity index (χ0) is 10.7. The number of nitrogens with one attached hydrogen (secondary N) is 1. The number of anilines is 2. The fourth-order valence-electron chi connectivity index (χ4n) is 1.31. The van der Waals surface area contributed by atoms with Crippen LogP contribution >= 0.6 is 0 Å². The Morgan fingerprint density at radius 2 is 2.33 bits per heavy atom. The SMILES string of the molecule is Cn1ccc(CNc2cccnc2N)n1. The van der Waals surface area contributed by atoms with E-state index in [2.05, 4.69) is 15.4 Å². The molecule has 0 amide bonds. The van der Waals surface area contributed by atoms with Crippen LogP contribution in [0.4, 0.5) is 11.5 Å². The van der Waals surface area contributed by atoms with Crippen LogP contribution in [0.3, 0.4) is 0 Å². The number of nitrogens with zero attached hydrogens (tertiary/aromatic N) is 3. The summed E-state index contributed by atoms with van der Waals surface area (Å²) in [6, 6.07) is 5.70. The van der Waals surface area contributed by atoms with Crippen molar-refractivity contribution < 1.29 is 0 Å². The van der Waals surface area contributed by atoms with Crippen LogP contribution < -0.4 is 11.1 Å². The summed E-state index contributed by atoms with van der Waals surface area (Å²) in [5, 5.41) is 7.43. The van der Waals surface area contributed by atoms with E-state index < -0.39 is 0 Å². The topological polar surface area (TPSA) is 68.8 Å². The van der Waals surface area contributed by atoms with E-state index in [1.807, 2.05) is 31.4 Å². The Kier molecular flexibility index (Phi) is 2.53. The second kappa shape index (κ2) is 4.00. The van der Waals surface area contributed by atoms with Crippen molar-refractivity contribution in [1.29, 1.82) is 0 Å². The summed E-state index contributed by atoms with van der Waals surface area (Å²) in [4.78, 5) is 3.99. The molecule has 0 aliphatic carbocycles. The van der Waals surface area contributed by atoms with Crippen molar-refractivity contribution in [1.82, 2.24) is 14.8 Å². The Labute approximate surface area is 87.9 Å². The van der Waals surface area contributed by atoms with Crippen LogP contribution in [0.1, 0.15) is 5.69 Å². The summed E-state index contributed by atoms with van der Waals surface area (Å²) in [5.74, 6) is 0.508. The molecule has 2 aromatic rings. The van der Waals surface area contributed by atoms with Crippen molar-refractivity contribution >= 4 is 11.5 Å². The normalized spacial score (nSPS) is 10.2. The Morgan fingerprint density at radius 3 is 3.00 bits per heavy atom. The summed E-state index contributed by atoms with van der Waals surface area (Å²) in [5.41, 5.74) is 7.50. The van der Waals surface area contributed by atoms with E-state index in [4.69, 9.17) is 5.73 Å². The molecule has 0 aliphatic rings. The zero-order valence-electron chi connectivity index (χ0n) is 8.51. The van der Waals surface area contributed by atoms with Gasteiger partial charge in [-0.2, -0.15) is 5.10 Å². The highest BCUT2D eigenvalue weighted by Crippen LogP contribution is 2.14. The average molecular weight is 203 g/mol. The lowest BCUT2D eigenvalue weighted by molar-refractivity contribution is 0.747. The number of rotatable bonds is 3. The molecular formula is C10H13N5. The molecule has 2 heterocycles. The molecule has 0 saturated carbocycles. The third-order valence-electron chi connectivity index (χ3n) is 2.07. The van der Waals surface area contributed by atoms with E-state index in [9.17, 15) is 0 Å². The molecular weight excluding hydrogens is 190 g/mol. The van der Waals surface area contributed by atoms with E-state index in [1.54, 1.807) is 10.9 Å². The smallest absolute Gasteiger partial charge is 0.146 e. The largest absolute Gasteiger partial charge is 0.382 e. The Morgan fingerprint density at radius 1 is 1.47 bits per heavy atom. The van der Waals surface area contributed by atoms with Crippen molar-refractivity contribution in [3.8, 4) is 0 Å². The zero-order valence-corrected chi connectivity index (χ0v) is 8.51. The number of pyridine rings is 1. The summed E-state index contributed by atoms with van der Waals surface area (Å²) in [7, 11) is 1.89. The quantitative estimate of drug-likeness (QED) is 0.781. The molecule has 15 heavy (non-hydrogen) atoms. The number of aryl methyl sites for hydroxylation is 1. The van der Waals surface area contributed by atoms with Crippen LogP contribution in [0.25, 0.3) is 0 Å². The van der Waals surface area contributed by atoms with Crippen LogP contribution in [0.2, 0.25) is 0 Å². The molecule has 0 radical (unpaired) electrons. The molecule has 78 valence electrons. The number of nitrogens with two attached hydrogens (primary N) is 1. The minimum Gasteiger partial charge on any atom is -0.382 e. The molecule has 0 aromatic carbocycles. The molecule has 2 aromatic heterocycles. The van der Waals surface area contributed by atoms with Crippen molar-refractivity contribution in [2.75, 3.05) is 11.1 Å². The Bertz CT molecular complexity index is 449. The Hall–Kier alpha value is -2.04. The van der Waals surface area contributed by atoms with Gasteiger partial charge < -0.3 is 11.1 Å². The highest BCUT2D eigenvalue weighted by atomic mass is 15.3. The highest BCUT2D eigenvalue weighted by molar-refractivity contribution is 5.60. The number of hydrogen-bond acceptors (Lipinski definition) is 4. The predicted molar refractivity (Wildman–Crippen MR) is 59.2 cm³/mol.